The summed E-state index contributed by atoms with van der Waals surface area (Å²) < 4.78 is 69.0. The zero-order valence-electron chi connectivity index (χ0n) is 14.5. The molecule has 0 spiro atoms. The predicted molar refractivity (Wildman–Crippen MR) is 100 cm³/mol. The Balaban J connectivity index is 1.83. The van der Waals surface area contributed by atoms with Gasteiger partial charge in [0, 0.05) is 11.3 Å². The lowest BCUT2D eigenvalue weighted by Gasteiger charge is -2.11. The third-order valence-corrected chi connectivity index (χ3v) is 5.94. The summed E-state index contributed by atoms with van der Waals surface area (Å²) in [6.45, 7) is 0. The van der Waals surface area contributed by atoms with Crippen molar-refractivity contribution in [2.45, 2.75) is 16.8 Å². The lowest BCUT2D eigenvalue weighted by molar-refractivity contribution is -0.137. The number of rotatable bonds is 5. The fourth-order valence-electron chi connectivity index (χ4n) is 2.57. The summed E-state index contributed by atoms with van der Waals surface area (Å²) in [6.07, 6.45) is -3.56. The van der Waals surface area contributed by atoms with Crippen molar-refractivity contribution in [3.63, 3.8) is 0 Å². The highest BCUT2D eigenvalue weighted by Gasteiger charge is 2.33. The van der Waals surface area contributed by atoms with E-state index in [1.807, 2.05) is 0 Å². The van der Waals surface area contributed by atoms with Crippen molar-refractivity contribution in [2.24, 2.45) is 0 Å². The summed E-state index contributed by atoms with van der Waals surface area (Å²) in [7, 11) is -3.75. The van der Waals surface area contributed by atoms with Gasteiger partial charge in [0.05, 0.1) is 27.5 Å². The molecule has 5 nitrogen and oxygen atoms in total. The smallest absolute Gasteiger partial charge is 0.417 e. The fraction of sp³-hybridized carbons (Fsp3) is 0.105. The number of hydrogen-bond acceptors (Lipinski definition) is 4. The van der Waals surface area contributed by atoms with Crippen molar-refractivity contribution in [2.75, 3.05) is 5.32 Å². The summed E-state index contributed by atoms with van der Waals surface area (Å²) in [5, 5.41) is 1.75. The van der Waals surface area contributed by atoms with Crippen molar-refractivity contribution in [3.8, 4) is 0 Å². The third kappa shape index (κ3) is 4.80. The molecule has 0 aliphatic rings. The van der Waals surface area contributed by atoms with E-state index in [2.05, 4.69) is 5.32 Å². The molecule has 3 rings (SSSR count). The summed E-state index contributed by atoms with van der Waals surface area (Å²) >= 11 is 5.56. The molecule has 3 aromatic rings. The first kappa shape index (κ1) is 20.9. The number of halogens is 4. The first-order valence-electron chi connectivity index (χ1n) is 8.10. The Morgan fingerprint density at radius 3 is 2.41 bits per heavy atom. The van der Waals surface area contributed by atoms with Gasteiger partial charge in [-0.05, 0) is 36.4 Å². The first-order valence-corrected chi connectivity index (χ1v) is 10.1. The Morgan fingerprint density at radius 1 is 1.07 bits per heavy atom. The minimum Gasteiger partial charge on any atom is -0.459 e. The quantitative estimate of drug-likeness (QED) is 0.589. The van der Waals surface area contributed by atoms with E-state index < -0.39 is 38.3 Å². The molecular formula is C19H13ClF3NO4S. The molecule has 152 valence electrons. The van der Waals surface area contributed by atoms with Gasteiger partial charge in [0.1, 0.15) is 0 Å². The van der Waals surface area contributed by atoms with Crippen LogP contribution in [0.3, 0.4) is 0 Å². The van der Waals surface area contributed by atoms with Gasteiger partial charge in [0.25, 0.3) is 5.91 Å². The van der Waals surface area contributed by atoms with Crippen LogP contribution >= 0.6 is 11.6 Å². The molecule has 1 heterocycles. The second kappa shape index (κ2) is 7.92. The zero-order valence-corrected chi connectivity index (χ0v) is 16.1. The SMILES string of the molecule is O=C(Nc1ccc(Cl)c(C(F)(F)F)c1)c1occc1CS(=O)(=O)c1ccccc1. The number of amides is 1. The molecule has 0 unspecified atom stereocenters. The number of sulfone groups is 1. The molecule has 0 bridgehead atoms. The number of hydrogen-bond donors (Lipinski definition) is 1. The maximum atomic E-state index is 13.0. The van der Waals surface area contributed by atoms with Gasteiger partial charge in [-0.15, -0.1) is 0 Å². The van der Waals surface area contributed by atoms with Crippen LogP contribution in [0.4, 0.5) is 18.9 Å². The van der Waals surface area contributed by atoms with E-state index in [1.54, 1.807) is 18.2 Å². The van der Waals surface area contributed by atoms with Gasteiger partial charge in [-0.1, -0.05) is 29.8 Å². The lowest BCUT2D eigenvalue weighted by Crippen LogP contribution is -2.15. The van der Waals surface area contributed by atoms with Gasteiger partial charge in [-0.3, -0.25) is 4.79 Å². The predicted octanol–water partition coefficient (Wildman–Crippen LogP) is 5.18. The van der Waals surface area contributed by atoms with Crippen LogP contribution in [0.1, 0.15) is 21.7 Å². The largest absolute Gasteiger partial charge is 0.459 e. The molecule has 0 atom stereocenters. The van der Waals surface area contributed by atoms with Crippen LogP contribution in [0, 0.1) is 0 Å². The minimum atomic E-state index is -4.70. The monoisotopic (exact) mass is 443 g/mol. The van der Waals surface area contributed by atoms with E-state index in [9.17, 15) is 26.4 Å². The summed E-state index contributed by atoms with van der Waals surface area (Å²) in [6, 6.07) is 11.8. The highest BCUT2D eigenvalue weighted by Crippen LogP contribution is 2.36. The normalized spacial score (nSPS) is 12.0. The molecule has 29 heavy (non-hydrogen) atoms. The topological polar surface area (TPSA) is 76.4 Å². The van der Waals surface area contributed by atoms with Crippen molar-refractivity contribution < 1.29 is 30.8 Å². The Kier molecular flexibility index (Phi) is 5.72. The molecule has 1 amide bonds. The Bertz CT molecular complexity index is 1140. The van der Waals surface area contributed by atoms with Crippen LogP contribution in [0.2, 0.25) is 5.02 Å². The number of anilines is 1. The van der Waals surface area contributed by atoms with E-state index in [0.29, 0.717) is 6.07 Å². The van der Waals surface area contributed by atoms with Crippen LogP contribution in [0.5, 0.6) is 0 Å². The van der Waals surface area contributed by atoms with Gasteiger partial charge in [0.2, 0.25) is 0 Å². The van der Waals surface area contributed by atoms with Crippen LogP contribution in [0.15, 0.2) is 70.2 Å². The lowest BCUT2D eigenvalue weighted by atomic mass is 10.2. The van der Waals surface area contributed by atoms with Crippen molar-refractivity contribution in [1.29, 1.82) is 0 Å². The maximum absolute atomic E-state index is 13.0. The van der Waals surface area contributed by atoms with E-state index in [-0.39, 0.29) is 21.9 Å². The van der Waals surface area contributed by atoms with Gasteiger partial charge >= 0.3 is 6.18 Å². The molecule has 0 aliphatic carbocycles. The highest BCUT2D eigenvalue weighted by atomic mass is 35.5. The second-order valence-electron chi connectivity index (χ2n) is 5.99. The molecule has 0 radical (unpaired) electrons. The molecule has 2 aromatic carbocycles. The molecule has 0 aliphatic heterocycles. The fourth-order valence-corrected chi connectivity index (χ4v) is 4.17. The molecular weight excluding hydrogens is 431 g/mol. The van der Waals surface area contributed by atoms with Crippen molar-refractivity contribution in [3.05, 3.63) is 82.8 Å². The number of benzene rings is 2. The average molecular weight is 444 g/mol. The van der Waals surface area contributed by atoms with E-state index in [0.717, 1.165) is 12.3 Å². The van der Waals surface area contributed by atoms with Crippen LogP contribution in [0.25, 0.3) is 0 Å². The van der Waals surface area contributed by atoms with Crippen LogP contribution in [-0.4, -0.2) is 14.3 Å². The number of nitrogens with one attached hydrogen (secondary N) is 1. The Morgan fingerprint density at radius 2 is 1.76 bits per heavy atom. The molecule has 1 N–H and O–H groups in total. The van der Waals surface area contributed by atoms with Crippen molar-refractivity contribution in [1.82, 2.24) is 0 Å². The summed E-state index contributed by atoms with van der Waals surface area (Å²) in [4.78, 5) is 12.5. The second-order valence-corrected chi connectivity index (χ2v) is 8.39. The molecule has 0 fully saturated rings. The molecule has 0 saturated heterocycles. The van der Waals surface area contributed by atoms with Gasteiger partial charge in [-0.25, -0.2) is 8.42 Å². The highest BCUT2D eigenvalue weighted by molar-refractivity contribution is 7.90. The zero-order chi connectivity index (χ0) is 21.2. The van der Waals surface area contributed by atoms with Crippen molar-refractivity contribution >= 4 is 33.0 Å². The molecule has 1 aromatic heterocycles. The maximum Gasteiger partial charge on any atom is 0.417 e. The van der Waals surface area contributed by atoms with Crippen LogP contribution < -0.4 is 5.32 Å². The third-order valence-electron chi connectivity index (χ3n) is 3.93. The Hall–Kier alpha value is -2.78. The van der Waals surface area contributed by atoms with Crippen LogP contribution in [-0.2, 0) is 21.8 Å². The number of carbonyl (C=O) groups is 1. The molecule has 10 heteroatoms. The Labute approximate surface area is 169 Å². The van der Waals surface area contributed by atoms with Gasteiger partial charge in [0.15, 0.2) is 15.6 Å². The number of carbonyl (C=O) groups excluding carboxylic acids is 1. The van der Waals surface area contributed by atoms with E-state index in [4.69, 9.17) is 16.0 Å². The number of alkyl halides is 3. The van der Waals surface area contributed by atoms with E-state index >= 15 is 0 Å². The minimum absolute atomic E-state index is 0.0695. The summed E-state index contributed by atoms with van der Waals surface area (Å²) in [5.74, 6) is -1.71. The van der Waals surface area contributed by atoms with Gasteiger partial charge < -0.3 is 9.73 Å². The first-order chi connectivity index (χ1) is 13.6. The molecule has 0 saturated carbocycles. The number of furan rings is 1. The average Bonchev–Trinajstić information content (AvgIpc) is 3.10. The summed E-state index contributed by atoms with van der Waals surface area (Å²) in [5.41, 5.74) is -1.19. The standard InChI is InChI=1S/C19H13ClF3NO4S/c20-16-7-6-13(10-15(16)19(21,22)23)24-18(25)17-12(8-9-28-17)11-29(26,27)14-4-2-1-3-5-14/h1-10H,11H2,(H,24,25). The van der Waals surface area contributed by atoms with Gasteiger partial charge in [-0.2, -0.15) is 13.2 Å². The van der Waals surface area contributed by atoms with E-state index in [1.165, 1.54) is 24.3 Å².